The summed E-state index contributed by atoms with van der Waals surface area (Å²) in [7, 11) is 0. The van der Waals surface area contributed by atoms with E-state index in [1.807, 2.05) is 45.0 Å². The molecule has 1 N–H and O–H groups in total. The zero-order valence-corrected chi connectivity index (χ0v) is 18.9. The van der Waals surface area contributed by atoms with Crippen LogP contribution >= 0.6 is 0 Å². The van der Waals surface area contributed by atoms with Gasteiger partial charge in [0.15, 0.2) is 0 Å². The minimum atomic E-state index is -0.549. The molecule has 0 bridgehead atoms. The Morgan fingerprint density at radius 1 is 1.28 bits per heavy atom. The topological polar surface area (TPSA) is 75.3 Å². The molecule has 1 aromatic heterocycles. The Bertz CT molecular complexity index is 1280. The molecule has 0 amide bonds. The van der Waals surface area contributed by atoms with Crippen LogP contribution in [0.3, 0.4) is 0 Å². The van der Waals surface area contributed by atoms with Crippen LogP contribution in [-0.2, 0) is 11.2 Å². The minimum Gasteiger partial charge on any atom is -0.456 e. The maximum absolute atomic E-state index is 12.5. The van der Waals surface area contributed by atoms with Crippen LogP contribution in [0.2, 0.25) is 0 Å². The lowest BCUT2D eigenvalue weighted by Gasteiger charge is -2.30. The second-order valence-electron chi connectivity index (χ2n) is 9.15. The van der Waals surface area contributed by atoms with Crippen LogP contribution in [0.1, 0.15) is 60.5 Å². The second-order valence-corrected chi connectivity index (χ2v) is 9.15. The van der Waals surface area contributed by atoms with Crippen LogP contribution < -0.4 is 10.5 Å². The summed E-state index contributed by atoms with van der Waals surface area (Å²) in [5.74, 6) is 3.01. The van der Waals surface area contributed by atoms with Crippen LogP contribution in [-0.4, -0.2) is 28.1 Å². The van der Waals surface area contributed by atoms with E-state index in [9.17, 15) is 9.59 Å². The number of benzene rings is 2. The van der Waals surface area contributed by atoms with Crippen molar-refractivity contribution < 1.29 is 9.53 Å². The van der Waals surface area contributed by atoms with Gasteiger partial charge in [0.2, 0.25) is 0 Å². The minimum absolute atomic E-state index is 0.0403. The molecule has 6 heteroatoms. The predicted molar refractivity (Wildman–Crippen MR) is 126 cm³/mol. The van der Waals surface area contributed by atoms with E-state index < -0.39 is 5.60 Å². The van der Waals surface area contributed by atoms with Gasteiger partial charge in [0.05, 0.1) is 29.1 Å². The summed E-state index contributed by atoms with van der Waals surface area (Å²) in [5.41, 5.74) is 3.74. The van der Waals surface area contributed by atoms with Gasteiger partial charge in [0, 0.05) is 5.69 Å². The normalized spacial score (nSPS) is 15.3. The number of nitrogens with one attached hydrogen (secondary N) is 1. The summed E-state index contributed by atoms with van der Waals surface area (Å²) in [6.45, 7) is 7.73. The SMILES string of the molecule is C#CCN(c1ccc(C(=O)OC(C)(C)C)cc1)[C@H]1CCc2cc3nc(C)[nH]c(=O)c3cc21. The lowest BCUT2D eigenvalue weighted by molar-refractivity contribution is 0.00695. The molecule has 0 unspecified atom stereocenters. The first-order valence-corrected chi connectivity index (χ1v) is 10.7. The fourth-order valence-corrected chi connectivity index (χ4v) is 4.27. The monoisotopic (exact) mass is 429 g/mol. The molecular weight excluding hydrogens is 402 g/mol. The van der Waals surface area contributed by atoms with Crippen LogP contribution in [0.25, 0.3) is 10.9 Å². The Labute approximate surface area is 187 Å². The van der Waals surface area contributed by atoms with Gasteiger partial charge in [-0.2, -0.15) is 0 Å². The van der Waals surface area contributed by atoms with Gasteiger partial charge in [-0.1, -0.05) is 5.92 Å². The van der Waals surface area contributed by atoms with E-state index in [4.69, 9.17) is 11.2 Å². The summed E-state index contributed by atoms with van der Waals surface area (Å²) >= 11 is 0. The number of aromatic amines is 1. The van der Waals surface area contributed by atoms with Crippen molar-refractivity contribution in [3.63, 3.8) is 0 Å². The number of terminal acetylenes is 1. The molecule has 0 radical (unpaired) electrons. The van der Waals surface area contributed by atoms with E-state index in [0.29, 0.717) is 23.3 Å². The average Bonchev–Trinajstić information content (AvgIpc) is 3.12. The van der Waals surface area contributed by atoms with E-state index in [2.05, 4.69) is 20.8 Å². The highest BCUT2D eigenvalue weighted by molar-refractivity contribution is 5.90. The zero-order valence-electron chi connectivity index (χ0n) is 18.9. The first-order chi connectivity index (χ1) is 15.2. The maximum atomic E-state index is 12.5. The van der Waals surface area contributed by atoms with Crippen LogP contribution in [0.5, 0.6) is 0 Å². The molecule has 164 valence electrons. The number of ether oxygens (including phenoxy) is 1. The molecule has 0 saturated carbocycles. The van der Waals surface area contributed by atoms with Gasteiger partial charge in [-0.25, -0.2) is 9.78 Å². The van der Waals surface area contributed by atoms with Gasteiger partial charge in [-0.15, -0.1) is 6.42 Å². The smallest absolute Gasteiger partial charge is 0.338 e. The number of fused-ring (bicyclic) bond motifs is 2. The molecule has 6 nitrogen and oxygen atoms in total. The van der Waals surface area contributed by atoms with Crippen LogP contribution in [0.15, 0.2) is 41.2 Å². The Morgan fingerprint density at radius 3 is 2.66 bits per heavy atom. The molecule has 2 aromatic carbocycles. The molecule has 1 heterocycles. The Balaban J connectivity index is 1.68. The molecule has 32 heavy (non-hydrogen) atoms. The van der Waals surface area contributed by atoms with Gasteiger partial charge >= 0.3 is 5.97 Å². The summed E-state index contributed by atoms with van der Waals surface area (Å²) in [6.07, 6.45) is 7.48. The first kappa shape index (κ1) is 21.6. The predicted octanol–water partition coefficient (Wildman–Crippen LogP) is 4.31. The van der Waals surface area contributed by atoms with Crippen molar-refractivity contribution in [1.82, 2.24) is 9.97 Å². The quantitative estimate of drug-likeness (QED) is 0.494. The third kappa shape index (κ3) is 4.24. The summed E-state index contributed by atoms with van der Waals surface area (Å²) in [5, 5.41) is 0.585. The molecule has 1 aliphatic carbocycles. The number of carbonyl (C=O) groups is 1. The van der Waals surface area contributed by atoms with Crippen molar-refractivity contribution >= 4 is 22.6 Å². The third-order valence-corrected chi connectivity index (χ3v) is 5.60. The van der Waals surface area contributed by atoms with E-state index in [1.165, 1.54) is 5.56 Å². The van der Waals surface area contributed by atoms with Crippen molar-refractivity contribution in [1.29, 1.82) is 0 Å². The molecule has 0 fully saturated rings. The molecule has 0 aliphatic heterocycles. The highest BCUT2D eigenvalue weighted by atomic mass is 16.6. The molecule has 4 rings (SSSR count). The molecule has 0 saturated heterocycles. The lowest BCUT2D eigenvalue weighted by Crippen LogP contribution is -2.28. The van der Waals surface area contributed by atoms with E-state index >= 15 is 0 Å². The Hall–Kier alpha value is -3.59. The summed E-state index contributed by atoms with van der Waals surface area (Å²) in [4.78, 5) is 34.3. The Morgan fingerprint density at radius 2 is 2.00 bits per heavy atom. The molecular formula is C26H27N3O3. The number of aromatic nitrogens is 2. The van der Waals surface area contributed by atoms with E-state index in [0.717, 1.165) is 29.6 Å². The number of anilines is 1. The van der Waals surface area contributed by atoms with Gasteiger partial charge in [0.1, 0.15) is 11.4 Å². The number of rotatable bonds is 4. The van der Waals surface area contributed by atoms with E-state index in [-0.39, 0.29) is 17.6 Å². The van der Waals surface area contributed by atoms with Crippen molar-refractivity contribution in [2.75, 3.05) is 11.4 Å². The fraction of sp³-hybridized carbons (Fsp3) is 0.346. The fourth-order valence-electron chi connectivity index (χ4n) is 4.27. The lowest BCUT2D eigenvalue weighted by atomic mass is 10.0. The summed E-state index contributed by atoms with van der Waals surface area (Å²) in [6, 6.07) is 11.3. The average molecular weight is 430 g/mol. The molecule has 1 atom stereocenters. The van der Waals surface area contributed by atoms with Crippen molar-refractivity contribution in [3.8, 4) is 12.3 Å². The standard InChI is InChI=1S/C26H27N3O3/c1-6-13-29(19-10-7-17(8-11-19)25(31)32-26(3,4)5)23-12-9-18-14-22-21(15-20(18)23)24(30)28-16(2)27-22/h1,7-8,10-11,14-15,23H,9,12-13H2,2-5H3,(H,27,28,30)/t23-/m0/s1. The van der Waals surface area contributed by atoms with Crippen molar-refractivity contribution in [3.05, 3.63) is 69.3 Å². The van der Waals surface area contributed by atoms with Gasteiger partial charge in [-0.3, -0.25) is 4.79 Å². The number of carbonyl (C=O) groups excluding carboxylic acids is 1. The third-order valence-electron chi connectivity index (χ3n) is 5.60. The highest BCUT2D eigenvalue weighted by Crippen LogP contribution is 2.39. The van der Waals surface area contributed by atoms with Crippen LogP contribution in [0, 0.1) is 19.3 Å². The molecule has 1 aliphatic rings. The highest BCUT2D eigenvalue weighted by Gasteiger charge is 2.29. The number of hydrogen-bond donors (Lipinski definition) is 1. The largest absolute Gasteiger partial charge is 0.456 e. The number of aryl methyl sites for hydroxylation is 2. The van der Waals surface area contributed by atoms with Gasteiger partial charge < -0.3 is 14.6 Å². The Kier molecular flexibility index (Phi) is 5.52. The van der Waals surface area contributed by atoms with Crippen molar-refractivity contribution in [2.24, 2.45) is 0 Å². The van der Waals surface area contributed by atoms with E-state index in [1.54, 1.807) is 19.1 Å². The van der Waals surface area contributed by atoms with Crippen molar-refractivity contribution in [2.45, 2.75) is 52.2 Å². The number of esters is 1. The number of H-pyrrole nitrogens is 1. The molecule has 3 aromatic rings. The number of nitrogens with zero attached hydrogens (tertiary/aromatic N) is 2. The van der Waals surface area contributed by atoms with Gasteiger partial charge in [-0.05, 0) is 88.1 Å². The second kappa shape index (κ2) is 8.16. The van der Waals surface area contributed by atoms with Gasteiger partial charge in [0.25, 0.3) is 5.56 Å². The zero-order chi connectivity index (χ0) is 23.0. The van der Waals surface area contributed by atoms with Crippen LogP contribution in [0.4, 0.5) is 5.69 Å². The number of hydrogen-bond acceptors (Lipinski definition) is 5. The first-order valence-electron chi connectivity index (χ1n) is 10.7. The molecule has 0 spiro atoms. The summed E-state index contributed by atoms with van der Waals surface area (Å²) < 4.78 is 5.45. The maximum Gasteiger partial charge on any atom is 0.338 e.